The summed E-state index contributed by atoms with van der Waals surface area (Å²) in [6, 6.07) is 4.25. The second-order valence-corrected chi connectivity index (χ2v) is 6.84. The van der Waals surface area contributed by atoms with Gasteiger partial charge in [-0.1, -0.05) is 49.0 Å². The zero-order valence-corrected chi connectivity index (χ0v) is 15.8. The Labute approximate surface area is 150 Å². The molecule has 0 saturated carbocycles. The first-order chi connectivity index (χ1) is 10.9. The summed E-state index contributed by atoms with van der Waals surface area (Å²) in [5.41, 5.74) is 4.93. The molecular formula is C16H23BrFN3OS. The molecule has 23 heavy (non-hydrogen) atoms. The molecule has 4 nitrogen and oxygen atoms in total. The van der Waals surface area contributed by atoms with Gasteiger partial charge in [0.05, 0.1) is 5.56 Å². The molecule has 1 aromatic rings. The van der Waals surface area contributed by atoms with Crippen LogP contribution in [0.5, 0.6) is 0 Å². The van der Waals surface area contributed by atoms with Crippen LogP contribution >= 0.6 is 28.1 Å². The van der Waals surface area contributed by atoms with Gasteiger partial charge in [0.25, 0.3) is 5.91 Å². The molecule has 0 saturated heterocycles. The summed E-state index contributed by atoms with van der Waals surface area (Å²) >= 11 is 8.24. The number of benzene rings is 1. The van der Waals surface area contributed by atoms with E-state index in [1.807, 2.05) is 0 Å². The van der Waals surface area contributed by atoms with E-state index in [0.717, 1.165) is 13.0 Å². The zero-order chi connectivity index (χ0) is 17.2. The van der Waals surface area contributed by atoms with E-state index in [0.29, 0.717) is 15.5 Å². The van der Waals surface area contributed by atoms with Gasteiger partial charge in [0, 0.05) is 11.0 Å². The van der Waals surface area contributed by atoms with Crippen LogP contribution in [-0.2, 0) is 0 Å². The zero-order valence-electron chi connectivity index (χ0n) is 13.4. The third kappa shape index (κ3) is 7.74. The maximum atomic E-state index is 13.7. The summed E-state index contributed by atoms with van der Waals surface area (Å²) in [7, 11) is 0. The van der Waals surface area contributed by atoms with E-state index in [1.165, 1.54) is 31.4 Å². The smallest absolute Gasteiger partial charge is 0.272 e. The molecule has 0 bridgehead atoms. The summed E-state index contributed by atoms with van der Waals surface area (Å²) in [5.74, 6) is -0.668. The number of nitrogens with one attached hydrogen (secondary N) is 3. The number of amides is 1. The molecule has 0 aliphatic heterocycles. The second-order valence-electron chi connectivity index (χ2n) is 5.51. The third-order valence-electron chi connectivity index (χ3n) is 3.38. The molecule has 0 aliphatic rings. The number of unbranched alkanes of at least 4 members (excludes halogenated alkanes) is 2. The lowest BCUT2D eigenvalue weighted by atomic mass is 10.0. The molecule has 128 valence electrons. The average Bonchev–Trinajstić information content (AvgIpc) is 2.51. The Morgan fingerprint density at radius 1 is 1.35 bits per heavy atom. The molecule has 1 amide bonds. The molecule has 1 rings (SSSR count). The standard InChI is InChI=1S/C16H23BrFN3OS/c1-3-4-5-6-11(2)10-19-16(23)21-20-15(22)13-8-7-12(17)9-14(13)18/h7-9,11H,3-6,10H2,1-2H3,(H,20,22)(H2,19,21,23)/t11-/m1/s1. The fraction of sp³-hybridized carbons (Fsp3) is 0.500. The number of rotatable bonds is 7. The second kappa shape index (κ2) is 10.5. The van der Waals surface area contributed by atoms with E-state index < -0.39 is 11.7 Å². The van der Waals surface area contributed by atoms with Crippen molar-refractivity contribution >= 4 is 39.2 Å². The maximum Gasteiger partial charge on any atom is 0.272 e. The van der Waals surface area contributed by atoms with E-state index in [9.17, 15) is 9.18 Å². The van der Waals surface area contributed by atoms with Crippen molar-refractivity contribution in [2.75, 3.05) is 6.54 Å². The molecule has 0 radical (unpaired) electrons. The lowest BCUT2D eigenvalue weighted by Crippen LogP contribution is -2.47. The average molecular weight is 404 g/mol. The van der Waals surface area contributed by atoms with Crippen molar-refractivity contribution in [2.24, 2.45) is 5.92 Å². The molecule has 0 aliphatic carbocycles. The summed E-state index contributed by atoms with van der Waals surface area (Å²) in [5, 5.41) is 3.36. The molecule has 1 aromatic carbocycles. The molecule has 0 spiro atoms. The van der Waals surface area contributed by atoms with Gasteiger partial charge in [-0.05, 0) is 42.8 Å². The third-order valence-corrected chi connectivity index (χ3v) is 4.12. The fourth-order valence-corrected chi connectivity index (χ4v) is 2.48. The minimum atomic E-state index is -0.595. The lowest BCUT2D eigenvalue weighted by molar-refractivity contribution is 0.0939. The Morgan fingerprint density at radius 2 is 2.09 bits per heavy atom. The van der Waals surface area contributed by atoms with Crippen molar-refractivity contribution in [1.82, 2.24) is 16.2 Å². The number of hydrazine groups is 1. The fourth-order valence-electron chi connectivity index (χ4n) is 2.01. The topological polar surface area (TPSA) is 53.2 Å². The van der Waals surface area contributed by atoms with Gasteiger partial charge in [-0.25, -0.2) is 4.39 Å². The van der Waals surface area contributed by atoms with Crippen LogP contribution in [-0.4, -0.2) is 17.6 Å². The van der Waals surface area contributed by atoms with Crippen molar-refractivity contribution in [1.29, 1.82) is 0 Å². The van der Waals surface area contributed by atoms with Gasteiger partial charge in [-0.3, -0.25) is 15.6 Å². The Balaban J connectivity index is 2.31. The van der Waals surface area contributed by atoms with Crippen LogP contribution in [0.1, 0.15) is 49.9 Å². The van der Waals surface area contributed by atoms with Gasteiger partial charge >= 0.3 is 0 Å². The predicted molar refractivity (Wildman–Crippen MR) is 98.6 cm³/mol. The number of hydrogen-bond donors (Lipinski definition) is 3. The van der Waals surface area contributed by atoms with Gasteiger partial charge in [0.15, 0.2) is 5.11 Å². The summed E-state index contributed by atoms with van der Waals surface area (Å²) in [6.45, 7) is 5.07. The summed E-state index contributed by atoms with van der Waals surface area (Å²) in [6.07, 6.45) is 4.79. The molecular weight excluding hydrogens is 381 g/mol. The molecule has 0 fully saturated rings. The van der Waals surface area contributed by atoms with E-state index in [-0.39, 0.29) is 5.56 Å². The predicted octanol–water partition coefficient (Wildman–Crippen LogP) is 3.91. The van der Waals surface area contributed by atoms with E-state index in [1.54, 1.807) is 6.07 Å². The molecule has 3 N–H and O–H groups in total. The molecule has 0 heterocycles. The first-order valence-corrected chi connectivity index (χ1v) is 8.93. The summed E-state index contributed by atoms with van der Waals surface area (Å²) < 4.78 is 14.2. The molecule has 0 unspecified atom stereocenters. The van der Waals surface area contributed by atoms with Crippen molar-refractivity contribution in [3.63, 3.8) is 0 Å². The number of hydrogen-bond acceptors (Lipinski definition) is 2. The van der Waals surface area contributed by atoms with E-state index in [4.69, 9.17) is 12.2 Å². The quantitative estimate of drug-likeness (QED) is 0.367. The summed E-state index contributed by atoms with van der Waals surface area (Å²) in [4.78, 5) is 11.9. The monoisotopic (exact) mass is 403 g/mol. The van der Waals surface area contributed by atoms with E-state index >= 15 is 0 Å². The number of carbonyl (C=O) groups is 1. The van der Waals surface area contributed by atoms with Crippen LogP contribution in [0.3, 0.4) is 0 Å². The lowest BCUT2D eigenvalue weighted by Gasteiger charge is -2.15. The van der Waals surface area contributed by atoms with Crippen molar-refractivity contribution in [3.8, 4) is 0 Å². The van der Waals surface area contributed by atoms with Gasteiger partial charge in [0.1, 0.15) is 5.82 Å². The highest BCUT2D eigenvalue weighted by molar-refractivity contribution is 9.10. The highest BCUT2D eigenvalue weighted by Gasteiger charge is 2.12. The highest BCUT2D eigenvalue weighted by Crippen LogP contribution is 2.14. The van der Waals surface area contributed by atoms with Gasteiger partial charge in [-0.15, -0.1) is 0 Å². The maximum absolute atomic E-state index is 13.7. The first kappa shape index (κ1) is 19.8. The minimum Gasteiger partial charge on any atom is -0.361 e. The SMILES string of the molecule is CCCCC[C@@H](C)CNC(=S)NNC(=O)c1ccc(Br)cc1F. The van der Waals surface area contributed by atoms with Gasteiger partial charge in [-0.2, -0.15) is 0 Å². The highest BCUT2D eigenvalue weighted by atomic mass is 79.9. The van der Waals surface area contributed by atoms with Crippen LogP contribution in [0.15, 0.2) is 22.7 Å². The Hall–Kier alpha value is -1.21. The first-order valence-electron chi connectivity index (χ1n) is 7.73. The van der Waals surface area contributed by atoms with Gasteiger partial charge in [0.2, 0.25) is 0 Å². The number of halogens is 2. The molecule has 0 aromatic heterocycles. The molecule has 7 heteroatoms. The van der Waals surface area contributed by atoms with E-state index in [2.05, 4.69) is 45.9 Å². The van der Waals surface area contributed by atoms with Crippen molar-refractivity contribution in [2.45, 2.75) is 39.5 Å². The normalized spacial score (nSPS) is 11.7. The van der Waals surface area contributed by atoms with Gasteiger partial charge < -0.3 is 5.32 Å². The Kier molecular flexibility index (Phi) is 9.09. The van der Waals surface area contributed by atoms with Crippen LogP contribution < -0.4 is 16.2 Å². The van der Waals surface area contributed by atoms with Crippen LogP contribution in [0.25, 0.3) is 0 Å². The van der Waals surface area contributed by atoms with Crippen molar-refractivity contribution < 1.29 is 9.18 Å². The number of thiocarbonyl (C=S) groups is 1. The Bertz CT molecular complexity index is 542. The van der Waals surface area contributed by atoms with Crippen LogP contribution in [0.2, 0.25) is 0 Å². The molecule has 1 atom stereocenters. The largest absolute Gasteiger partial charge is 0.361 e. The van der Waals surface area contributed by atoms with Crippen molar-refractivity contribution in [3.05, 3.63) is 34.1 Å². The Morgan fingerprint density at radius 3 is 2.74 bits per heavy atom. The minimum absolute atomic E-state index is 0.0450. The number of carbonyl (C=O) groups excluding carboxylic acids is 1. The van der Waals surface area contributed by atoms with Crippen LogP contribution in [0.4, 0.5) is 4.39 Å². The van der Waals surface area contributed by atoms with Crippen LogP contribution in [0, 0.1) is 11.7 Å².